The maximum atomic E-state index is 12.4. The zero-order valence-corrected chi connectivity index (χ0v) is 18.7. The number of hydrogen-bond acceptors (Lipinski definition) is 4. The lowest BCUT2D eigenvalue weighted by atomic mass is 10.1. The van der Waals surface area contributed by atoms with Crippen LogP contribution in [0.15, 0.2) is 91.5 Å². The Balaban J connectivity index is 1.29. The van der Waals surface area contributed by atoms with Crippen molar-refractivity contribution in [3.8, 4) is 11.4 Å². The summed E-state index contributed by atoms with van der Waals surface area (Å²) in [6.45, 7) is 4.40. The summed E-state index contributed by atoms with van der Waals surface area (Å²) in [6, 6.07) is 19.5. The molecule has 166 valence electrons. The van der Waals surface area contributed by atoms with Crippen LogP contribution in [0.4, 0.5) is 0 Å². The van der Waals surface area contributed by atoms with Crippen molar-refractivity contribution < 1.29 is 9.53 Å². The molecule has 6 nitrogen and oxygen atoms in total. The van der Waals surface area contributed by atoms with Gasteiger partial charge in [-0.25, -0.2) is 4.98 Å². The van der Waals surface area contributed by atoms with Gasteiger partial charge in [0.25, 0.3) is 0 Å². The Morgan fingerprint density at radius 3 is 2.55 bits per heavy atom. The second-order valence-corrected chi connectivity index (χ2v) is 7.72. The summed E-state index contributed by atoms with van der Waals surface area (Å²) in [5.41, 5.74) is 4.01. The van der Waals surface area contributed by atoms with E-state index < -0.39 is 0 Å². The number of hydrogen-bond donors (Lipinski definition) is 1. The molecular weight excluding hydrogens is 412 g/mol. The molecule has 4 aromatic rings. The first-order chi connectivity index (χ1) is 16.1. The molecule has 0 fully saturated rings. The van der Waals surface area contributed by atoms with Crippen LogP contribution in [0.25, 0.3) is 11.8 Å². The second kappa shape index (κ2) is 10.4. The summed E-state index contributed by atoms with van der Waals surface area (Å²) in [5.74, 6) is 1.56. The van der Waals surface area contributed by atoms with Gasteiger partial charge in [-0.2, -0.15) is 0 Å². The van der Waals surface area contributed by atoms with E-state index in [1.165, 1.54) is 0 Å². The Labute approximate surface area is 193 Å². The largest absolute Gasteiger partial charge is 0.489 e. The molecule has 33 heavy (non-hydrogen) atoms. The molecule has 0 radical (unpaired) electrons. The number of benzene rings is 2. The van der Waals surface area contributed by atoms with Gasteiger partial charge < -0.3 is 14.6 Å². The highest BCUT2D eigenvalue weighted by molar-refractivity contribution is 5.92. The normalized spacial score (nSPS) is 11.9. The Bertz CT molecular complexity index is 1210. The molecule has 1 unspecified atom stereocenters. The fraction of sp³-hybridized carbons (Fsp3) is 0.148. The van der Waals surface area contributed by atoms with Crippen LogP contribution in [0.2, 0.25) is 0 Å². The first-order valence-electron chi connectivity index (χ1n) is 10.8. The van der Waals surface area contributed by atoms with Crippen molar-refractivity contribution in [1.82, 2.24) is 19.9 Å². The predicted molar refractivity (Wildman–Crippen MR) is 129 cm³/mol. The summed E-state index contributed by atoms with van der Waals surface area (Å²) in [5, 5.41) is 3.01. The highest BCUT2D eigenvalue weighted by Crippen LogP contribution is 2.18. The molecule has 6 heteroatoms. The monoisotopic (exact) mass is 438 g/mol. The number of rotatable bonds is 8. The zero-order chi connectivity index (χ0) is 23.0. The molecule has 0 aliphatic rings. The van der Waals surface area contributed by atoms with Crippen LogP contribution in [-0.4, -0.2) is 20.4 Å². The first kappa shape index (κ1) is 22.0. The van der Waals surface area contributed by atoms with E-state index in [0.717, 1.165) is 34.0 Å². The maximum Gasteiger partial charge on any atom is 0.244 e. The van der Waals surface area contributed by atoms with Gasteiger partial charge in [-0.15, -0.1) is 0 Å². The van der Waals surface area contributed by atoms with E-state index in [4.69, 9.17) is 4.74 Å². The number of carbonyl (C=O) groups excluding carboxylic acids is 1. The molecule has 2 aromatic carbocycles. The third-order valence-electron chi connectivity index (χ3n) is 5.29. The van der Waals surface area contributed by atoms with Crippen LogP contribution in [0.3, 0.4) is 0 Å². The van der Waals surface area contributed by atoms with E-state index in [-0.39, 0.29) is 11.9 Å². The van der Waals surface area contributed by atoms with Gasteiger partial charge in [0, 0.05) is 42.1 Å². The van der Waals surface area contributed by atoms with Crippen LogP contribution in [0.5, 0.6) is 5.75 Å². The molecular formula is C27H26N4O2. The summed E-state index contributed by atoms with van der Waals surface area (Å²) in [4.78, 5) is 20.7. The molecule has 0 bridgehead atoms. The minimum atomic E-state index is -0.145. The summed E-state index contributed by atoms with van der Waals surface area (Å²) in [6.07, 6.45) is 10.6. The fourth-order valence-electron chi connectivity index (χ4n) is 3.42. The Morgan fingerprint density at radius 1 is 1.09 bits per heavy atom. The van der Waals surface area contributed by atoms with Crippen LogP contribution < -0.4 is 10.1 Å². The molecule has 1 atom stereocenters. The standard InChI is InChI=1S/C27H26N4O2/c1-20(24-8-10-25(11-9-24)31-17-16-29-21(31)2)30-27(32)14-7-22-5-12-26(13-6-22)33-19-23-4-3-15-28-18-23/h3-18,20H,19H2,1-2H3,(H,30,32)/b14-7+. The number of amides is 1. The summed E-state index contributed by atoms with van der Waals surface area (Å²) >= 11 is 0. The molecule has 2 aromatic heterocycles. The number of imidazole rings is 1. The van der Waals surface area contributed by atoms with Gasteiger partial charge in [0.2, 0.25) is 5.91 Å². The van der Waals surface area contributed by atoms with Gasteiger partial charge in [-0.3, -0.25) is 9.78 Å². The lowest BCUT2D eigenvalue weighted by Crippen LogP contribution is -2.24. The average Bonchev–Trinajstić information content (AvgIpc) is 3.28. The van der Waals surface area contributed by atoms with E-state index in [1.54, 1.807) is 30.7 Å². The van der Waals surface area contributed by atoms with Gasteiger partial charge in [-0.05, 0) is 61.4 Å². The number of pyridine rings is 1. The van der Waals surface area contributed by atoms with Crippen LogP contribution in [0.1, 0.15) is 35.5 Å². The summed E-state index contributed by atoms with van der Waals surface area (Å²) < 4.78 is 7.78. The van der Waals surface area contributed by atoms with Crippen molar-refractivity contribution in [3.05, 3.63) is 114 Å². The minimum absolute atomic E-state index is 0.108. The third-order valence-corrected chi connectivity index (χ3v) is 5.29. The number of aryl methyl sites for hydroxylation is 1. The van der Waals surface area contributed by atoms with E-state index >= 15 is 0 Å². The topological polar surface area (TPSA) is 69.0 Å². The Morgan fingerprint density at radius 2 is 1.88 bits per heavy atom. The minimum Gasteiger partial charge on any atom is -0.489 e. The highest BCUT2D eigenvalue weighted by Gasteiger charge is 2.08. The lowest BCUT2D eigenvalue weighted by molar-refractivity contribution is -0.117. The number of nitrogens with one attached hydrogen (secondary N) is 1. The van der Waals surface area contributed by atoms with E-state index in [2.05, 4.69) is 15.3 Å². The molecule has 0 spiro atoms. The molecule has 1 N–H and O–H groups in total. The predicted octanol–water partition coefficient (Wildman–Crippen LogP) is 5.05. The average molecular weight is 439 g/mol. The number of nitrogens with zero attached hydrogens (tertiary/aromatic N) is 3. The van der Waals surface area contributed by atoms with Gasteiger partial charge in [0.15, 0.2) is 0 Å². The smallest absolute Gasteiger partial charge is 0.244 e. The van der Waals surface area contributed by atoms with Crippen molar-refractivity contribution in [2.45, 2.75) is 26.5 Å². The third kappa shape index (κ3) is 5.95. The molecule has 0 aliphatic carbocycles. The fourth-order valence-corrected chi connectivity index (χ4v) is 3.42. The summed E-state index contributed by atoms with van der Waals surface area (Å²) in [7, 11) is 0. The lowest BCUT2D eigenvalue weighted by Gasteiger charge is -2.14. The molecule has 0 saturated heterocycles. The quantitative estimate of drug-likeness (QED) is 0.391. The highest BCUT2D eigenvalue weighted by atomic mass is 16.5. The van der Waals surface area contributed by atoms with Gasteiger partial charge >= 0.3 is 0 Å². The van der Waals surface area contributed by atoms with Crippen molar-refractivity contribution >= 4 is 12.0 Å². The molecule has 4 rings (SSSR count). The number of ether oxygens (including phenoxy) is 1. The van der Waals surface area contributed by atoms with Gasteiger partial charge in [-0.1, -0.05) is 30.3 Å². The van der Waals surface area contributed by atoms with E-state index in [0.29, 0.717) is 6.61 Å². The first-order valence-corrected chi connectivity index (χ1v) is 10.8. The number of carbonyl (C=O) groups is 1. The second-order valence-electron chi connectivity index (χ2n) is 7.72. The maximum absolute atomic E-state index is 12.4. The van der Waals surface area contributed by atoms with E-state index in [9.17, 15) is 4.79 Å². The van der Waals surface area contributed by atoms with Crippen molar-refractivity contribution in [2.24, 2.45) is 0 Å². The molecule has 1 amide bonds. The van der Waals surface area contributed by atoms with Crippen LogP contribution >= 0.6 is 0 Å². The van der Waals surface area contributed by atoms with Crippen molar-refractivity contribution in [2.75, 3.05) is 0 Å². The molecule has 0 aliphatic heterocycles. The molecule has 0 saturated carbocycles. The number of aromatic nitrogens is 3. The van der Waals surface area contributed by atoms with Crippen molar-refractivity contribution in [3.63, 3.8) is 0 Å². The Hall–Kier alpha value is -4.19. The van der Waals surface area contributed by atoms with Gasteiger partial charge in [0.05, 0.1) is 6.04 Å². The van der Waals surface area contributed by atoms with Crippen LogP contribution in [0, 0.1) is 6.92 Å². The van der Waals surface area contributed by atoms with Crippen LogP contribution in [-0.2, 0) is 11.4 Å². The van der Waals surface area contributed by atoms with Gasteiger partial charge in [0.1, 0.15) is 18.2 Å². The van der Waals surface area contributed by atoms with E-state index in [1.807, 2.05) is 85.3 Å². The molecule has 2 heterocycles. The van der Waals surface area contributed by atoms with Crippen molar-refractivity contribution in [1.29, 1.82) is 0 Å². The zero-order valence-electron chi connectivity index (χ0n) is 18.7. The SMILES string of the molecule is Cc1nccn1-c1ccc(C(C)NC(=O)/C=C/c2ccc(OCc3cccnc3)cc2)cc1. The Kier molecular flexibility index (Phi) is 6.95.